The molecule has 1 N–H and O–H groups in total. The second kappa shape index (κ2) is 4.86. The fourth-order valence-corrected chi connectivity index (χ4v) is 1.85. The SMILES string of the molecule is CCC1NCC(=O)N1CC(C)SC. The van der Waals surface area contributed by atoms with Crippen LogP contribution in [0.3, 0.4) is 0 Å². The molecule has 1 fully saturated rings. The molecule has 13 heavy (non-hydrogen) atoms. The third kappa shape index (κ3) is 2.61. The molecule has 0 radical (unpaired) electrons. The van der Waals surface area contributed by atoms with E-state index < -0.39 is 0 Å². The Hall–Kier alpha value is -0.220. The molecule has 0 bridgehead atoms. The van der Waals surface area contributed by atoms with Gasteiger partial charge in [-0.1, -0.05) is 13.8 Å². The van der Waals surface area contributed by atoms with E-state index in [-0.39, 0.29) is 12.1 Å². The summed E-state index contributed by atoms with van der Waals surface area (Å²) in [6.45, 7) is 5.64. The van der Waals surface area contributed by atoms with Gasteiger partial charge in [-0.2, -0.15) is 11.8 Å². The van der Waals surface area contributed by atoms with E-state index in [1.54, 1.807) is 11.8 Å². The first-order valence-electron chi connectivity index (χ1n) is 4.74. The average Bonchev–Trinajstić information content (AvgIpc) is 2.48. The number of amides is 1. The molecule has 1 heterocycles. The van der Waals surface area contributed by atoms with Crippen LogP contribution in [-0.4, -0.2) is 41.6 Å². The number of hydrogen-bond donors (Lipinski definition) is 1. The molecule has 1 aliphatic rings. The second-order valence-corrected chi connectivity index (χ2v) is 4.67. The van der Waals surface area contributed by atoms with Crippen LogP contribution in [0.25, 0.3) is 0 Å². The molecule has 76 valence electrons. The maximum atomic E-state index is 11.4. The third-order valence-electron chi connectivity index (χ3n) is 2.43. The van der Waals surface area contributed by atoms with Gasteiger partial charge in [0, 0.05) is 11.8 Å². The van der Waals surface area contributed by atoms with Gasteiger partial charge in [0.2, 0.25) is 5.91 Å². The van der Waals surface area contributed by atoms with Crippen molar-refractivity contribution in [3.8, 4) is 0 Å². The van der Waals surface area contributed by atoms with Gasteiger partial charge < -0.3 is 4.90 Å². The van der Waals surface area contributed by atoms with Gasteiger partial charge in [0.25, 0.3) is 0 Å². The van der Waals surface area contributed by atoms with Crippen molar-refractivity contribution in [2.75, 3.05) is 19.3 Å². The van der Waals surface area contributed by atoms with Gasteiger partial charge in [0.1, 0.15) is 0 Å². The van der Waals surface area contributed by atoms with Gasteiger partial charge in [0.15, 0.2) is 0 Å². The fraction of sp³-hybridized carbons (Fsp3) is 0.889. The van der Waals surface area contributed by atoms with Crippen LogP contribution in [0.15, 0.2) is 0 Å². The zero-order valence-corrected chi connectivity index (χ0v) is 9.36. The van der Waals surface area contributed by atoms with Gasteiger partial charge >= 0.3 is 0 Å². The summed E-state index contributed by atoms with van der Waals surface area (Å²) in [5, 5.41) is 3.73. The van der Waals surface area contributed by atoms with Crippen molar-refractivity contribution >= 4 is 17.7 Å². The molecule has 0 aromatic rings. The summed E-state index contributed by atoms with van der Waals surface area (Å²) in [5.74, 6) is 0.243. The summed E-state index contributed by atoms with van der Waals surface area (Å²) in [4.78, 5) is 13.4. The summed E-state index contributed by atoms with van der Waals surface area (Å²) >= 11 is 1.80. The summed E-state index contributed by atoms with van der Waals surface area (Å²) in [7, 11) is 0. The Labute approximate surface area is 84.2 Å². The number of hydrogen-bond acceptors (Lipinski definition) is 3. The lowest BCUT2D eigenvalue weighted by atomic mass is 10.3. The van der Waals surface area contributed by atoms with E-state index in [0.29, 0.717) is 11.8 Å². The van der Waals surface area contributed by atoms with Gasteiger partial charge in [-0.05, 0) is 12.7 Å². The van der Waals surface area contributed by atoms with E-state index in [1.807, 2.05) is 4.90 Å². The van der Waals surface area contributed by atoms with Gasteiger partial charge in [-0.25, -0.2) is 0 Å². The van der Waals surface area contributed by atoms with Crippen LogP contribution >= 0.6 is 11.8 Å². The van der Waals surface area contributed by atoms with Crippen LogP contribution in [0.1, 0.15) is 20.3 Å². The normalized spacial score (nSPS) is 25.3. The minimum Gasteiger partial charge on any atom is -0.325 e. The molecule has 4 heteroatoms. The van der Waals surface area contributed by atoms with E-state index in [4.69, 9.17) is 0 Å². The molecule has 0 aromatic heterocycles. The highest BCUT2D eigenvalue weighted by Crippen LogP contribution is 2.13. The molecule has 2 unspecified atom stereocenters. The average molecular weight is 202 g/mol. The van der Waals surface area contributed by atoms with E-state index in [2.05, 4.69) is 25.4 Å². The van der Waals surface area contributed by atoms with Crippen molar-refractivity contribution < 1.29 is 4.79 Å². The van der Waals surface area contributed by atoms with Gasteiger partial charge in [-0.3, -0.25) is 10.1 Å². The number of thioether (sulfide) groups is 1. The Balaban J connectivity index is 2.49. The van der Waals surface area contributed by atoms with Crippen molar-refractivity contribution in [2.45, 2.75) is 31.7 Å². The van der Waals surface area contributed by atoms with Crippen LogP contribution in [0.2, 0.25) is 0 Å². The zero-order chi connectivity index (χ0) is 9.84. The molecular weight excluding hydrogens is 184 g/mol. The summed E-state index contributed by atoms with van der Waals surface area (Å²) in [6.07, 6.45) is 3.34. The highest BCUT2D eigenvalue weighted by molar-refractivity contribution is 7.99. The van der Waals surface area contributed by atoms with Crippen molar-refractivity contribution in [3.05, 3.63) is 0 Å². The minimum absolute atomic E-state index is 0.243. The molecule has 0 aliphatic carbocycles. The second-order valence-electron chi connectivity index (χ2n) is 3.40. The lowest BCUT2D eigenvalue weighted by molar-refractivity contribution is -0.127. The summed E-state index contributed by atoms with van der Waals surface area (Å²) in [6, 6.07) is 0. The van der Waals surface area contributed by atoms with Gasteiger partial charge in [-0.15, -0.1) is 0 Å². The maximum absolute atomic E-state index is 11.4. The van der Waals surface area contributed by atoms with E-state index in [9.17, 15) is 4.79 Å². The Morgan fingerprint density at radius 1 is 1.77 bits per heavy atom. The zero-order valence-electron chi connectivity index (χ0n) is 8.54. The number of nitrogens with zero attached hydrogens (tertiary/aromatic N) is 1. The van der Waals surface area contributed by atoms with Crippen molar-refractivity contribution in [3.63, 3.8) is 0 Å². The Bertz CT molecular complexity index is 186. The Kier molecular flexibility index (Phi) is 4.06. The Morgan fingerprint density at radius 2 is 2.46 bits per heavy atom. The number of carbonyl (C=O) groups excluding carboxylic acids is 1. The van der Waals surface area contributed by atoms with Crippen LogP contribution in [0, 0.1) is 0 Å². The first-order valence-corrected chi connectivity index (χ1v) is 6.03. The van der Waals surface area contributed by atoms with Crippen LogP contribution in [-0.2, 0) is 4.79 Å². The van der Waals surface area contributed by atoms with E-state index in [0.717, 1.165) is 13.0 Å². The topological polar surface area (TPSA) is 32.3 Å². The first-order chi connectivity index (χ1) is 6.19. The first kappa shape index (κ1) is 10.9. The molecule has 1 amide bonds. The Morgan fingerprint density at radius 3 is 3.00 bits per heavy atom. The standard InChI is InChI=1S/C9H18N2OS/c1-4-8-10-5-9(12)11(8)6-7(2)13-3/h7-8,10H,4-6H2,1-3H3. The molecular formula is C9H18N2OS. The van der Waals surface area contributed by atoms with Crippen LogP contribution in [0.4, 0.5) is 0 Å². The third-order valence-corrected chi connectivity index (χ3v) is 3.38. The number of rotatable bonds is 4. The molecule has 3 nitrogen and oxygen atoms in total. The maximum Gasteiger partial charge on any atom is 0.237 e. The highest BCUT2D eigenvalue weighted by atomic mass is 32.2. The lowest BCUT2D eigenvalue weighted by Crippen LogP contribution is -2.40. The predicted octanol–water partition coefficient (Wildman–Crippen LogP) is 0.906. The highest BCUT2D eigenvalue weighted by Gasteiger charge is 2.29. The molecule has 0 saturated carbocycles. The van der Waals surface area contributed by atoms with E-state index in [1.165, 1.54) is 0 Å². The predicted molar refractivity (Wildman–Crippen MR) is 56.8 cm³/mol. The largest absolute Gasteiger partial charge is 0.325 e. The van der Waals surface area contributed by atoms with Crippen LogP contribution < -0.4 is 5.32 Å². The van der Waals surface area contributed by atoms with Gasteiger partial charge in [0.05, 0.1) is 12.7 Å². The fourth-order valence-electron chi connectivity index (χ4n) is 1.54. The molecule has 0 aromatic carbocycles. The monoisotopic (exact) mass is 202 g/mol. The number of nitrogens with one attached hydrogen (secondary N) is 1. The molecule has 0 spiro atoms. The minimum atomic E-state index is 0.243. The lowest BCUT2D eigenvalue weighted by Gasteiger charge is -2.25. The molecule has 1 aliphatic heterocycles. The van der Waals surface area contributed by atoms with Crippen molar-refractivity contribution in [1.82, 2.24) is 10.2 Å². The molecule has 1 saturated heterocycles. The quantitative estimate of drug-likeness (QED) is 0.735. The number of carbonyl (C=O) groups is 1. The molecule has 2 atom stereocenters. The van der Waals surface area contributed by atoms with Crippen molar-refractivity contribution in [2.24, 2.45) is 0 Å². The van der Waals surface area contributed by atoms with Crippen LogP contribution in [0.5, 0.6) is 0 Å². The molecule has 1 rings (SSSR count). The van der Waals surface area contributed by atoms with Crippen molar-refractivity contribution in [1.29, 1.82) is 0 Å². The smallest absolute Gasteiger partial charge is 0.237 e. The van der Waals surface area contributed by atoms with E-state index >= 15 is 0 Å². The summed E-state index contributed by atoms with van der Waals surface area (Å²) < 4.78 is 0. The summed E-state index contributed by atoms with van der Waals surface area (Å²) in [5.41, 5.74) is 0.